The van der Waals surface area contributed by atoms with Gasteiger partial charge in [-0.1, -0.05) is 26.0 Å². The Morgan fingerprint density at radius 2 is 2.11 bits per heavy atom. The molecule has 1 aliphatic heterocycles. The second-order valence-corrected chi connectivity index (χ2v) is 7.39. The van der Waals surface area contributed by atoms with Crippen molar-refractivity contribution in [1.82, 2.24) is 20.0 Å². The van der Waals surface area contributed by atoms with E-state index in [4.69, 9.17) is 4.74 Å². The Hall–Kier alpha value is -2.87. The highest BCUT2D eigenvalue weighted by Crippen LogP contribution is 2.17. The number of hydrogen-bond donors (Lipinski definition) is 2. The van der Waals surface area contributed by atoms with E-state index in [2.05, 4.69) is 10.4 Å². The van der Waals surface area contributed by atoms with E-state index in [9.17, 15) is 14.7 Å². The lowest BCUT2D eigenvalue weighted by atomic mass is 10.1. The second kappa shape index (κ2) is 8.43. The third kappa shape index (κ3) is 4.51. The lowest BCUT2D eigenvalue weighted by Crippen LogP contribution is -2.34. The summed E-state index contributed by atoms with van der Waals surface area (Å²) in [7, 11) is 1.61. The Kier molecular flexibility index (Phi) is 5.99. The minimum absolute atomic E-state index is 0.169. The molecule has 0 unspecified atom stereocenters. The summed E-state index contributed by atoms with van der Waals surface area (Å²) in [5.74, 6) is 0.446. The average Bonchev–Trinajstić information content (AvgIpc) is 3.03. The molecule has 28 heavy (non-hydrogen) atoms. The van der Waals surface area contributed by atoms with E-state index in [-0.39, 0.29) is 42.2 Å². The van der Waals surface area contributed by atoms with Crippen LogP contribution in [0.3, 0.4) is 0 Å². The number of carbonyl (C=O) groups excluding carboxylic acids is 2. The van der Waals surface area contributed by atoms with Crippen LogP contribution in [-0.2, 0) is 13.1 Å². The number of aliphatic hydroxyl groups excluding tert-OH is 1. The van der Waals surface area contributed by atoms with Crippen LogP contribution in [0.5, 0.6) is 5.75 Å². The number of hydrogen-bond acceptors (Lipinski definition) is 5. The zero-order valence-corrected chi connectivity index (χ0v) is 16.4. The second-order valence-electron chi connectivity index (χ2n) is 7.39. The lowest BCUT2D eigenvalue weighted by molar-refractivity contribution is 0.0714. The monoisotopic (exact) mass is 386 g/mol. The van der Waals surface area contributed by atoms with Gasteiger partial charge in [0.05, 0.1) is 19.8 Å². The van der Waals surface area contributed by atoms with Crippen LogP contribution in [0, 0.1) is 5.92 Å². The zero-order chi connectivity index (χ0) is 20.3. The molecule has 0 radical (unpaired) electrons. The first-order valence-corrected chi connectivity index (χ1v) is 9.33. The number of ether oxygens (including phenoxy) is 1. The summed E-state index contributed by atoms with van der Waals surface area (Å²) < 4.78 is 6.58. The third-order valence-corrected chi connectivity index (χ3v) is 4.52. The third-order valence-electron chi connectivity index (χ3n) is 4.52. The standard InChI is InChI=1S/C20H26N4O4/c1-13(2)10-23(11-14-4-6-16(28-3)7-5-14)20(27)17-8-18-19(26)21-9-15(25)12-24(18)22-17/h4-8,13,15,25H,9-12H2,1-3H3,(H,21,26)/t15-/m0/s1. The van der Waals surface area contributed by atoms with Crippen LogP contribution in [0.25, 0.3) is 0 Å². The summed E-state index contributed by atoms with van der Waals surface area (Å²) >= 11 is 0. The van der Waals surface area contributed by atoms with Crippen LogP contribution >= 0.6 is 0 Å². The number of methoxy groups -OCH3 is 1. The maximum absolute atomic E-state index is 13.1. The molecule has 0 spiro atoms. The lowest BCUT2D eigenvalue weighted by Gasteiger charge is -2.24. The van der Waals surface area contributed by atoms with Gasteiger partial charge >= 0.3 is 0 Å². The van der Waals surface area contributed by atoms with Gasteiger partial charge in [-0.3, -0.25) is 14.3 Å². The van der Waals surface area contributed by atoms with Crippen LogP contribution in [0.4, 0.5) is 0 Å². The molecule has 8 nitrogen and oxygen atoms in total. The molecule has 2 aromatic rings. The predicted octanol–water partition coefficient (Wildman–Crippen LogP) is 1.29. The molecule has 1 atom stereocenters. The number of carbonyl (C=O) groups is 2. The summed E-state index contributed by atoms with van der Waals surface area (Å²) in [6.45, 7) is 5.41. The van der Waals surface area contributed by atoms with Gasteiger partial charge in [0, 0.05) is 25.7 Å². The number of aromatic nitrogens is 2. The van der Waals surface area contributed by atoms with Crippen molar-refractivity contribution >= 4 is 11.8 Å². The Labute approximate surface area is 164 Å². The van der Waals surface area contributed by atoms with Crippen molar-refractivity contribution < 1.29 is 19.4 Å². The fourth-order valence-corrected chi connectivity index (χ4v) is 3.18. The van der Waals surface area contributed by atoms with Crippen molar-refractivity contribution in [2.24, 2.45) is 5.92 Å². The molecule has 2 heterocycles. The number of β-amino-alcohol motifs (C(OH)–C–C–N with tert-alkyl or cyclic N) is 1. The summed E-state index contributed by atoms with van der Waals surface area (Å²) in [4.78, 5) is 27.0. The first kappa shape index (κ1) is 19.9. The number of fused-ring (bicyclic) bond motifs is 1. The highest BCUT2D eigenvalue weighted by atomic mass is 16.5. The molecule has 0 aliphatic carbocycles. The highest BCUT2D eigenvalue weighted by molar-refractivity contribution is 5.98. The molecular formula is C20H26N4O4. The zero-order valence-electron chi connectivity index (χ0n) is 16.4. The molecule has 0 fully saturated rings. The van der Waals surface area contributed by atoms with Crippen molar-refractivity contribution in [3.05, 3.63) is 47.3 Å². The van der Waals surface area contributed by atoms with E-state index >= 15 is 0 Å². The molecule has 1 aromatic heterocycles. The number of benzene rings is 1. The Morgan fingerprint density at radius 3 is 2.75 bits per heavy atom. The SMILES string of the molecule is COc1ccc(CN(CC(C)C)C(=O)c2cc3n(n2)C[C@@H](O)CNC3=O)cc1. The number of amides is 2. The van der Waals surface area contributed by atoms with Gasteiger partial charge in [-0.2, -0.15) is 5.10 Å². The van der Waals surface area contributed by atoms with Crippen LogP contribution in [0.1, 0.15) is 40.4 Å². The van der Waals surface area contributed by atoms with E-state index in [1.54, 1.807) is 12.0 Å². The van der Waals surface area contributed by atoms with Crippen molar-refractivity contribution in [2.45, 2.75) is 33.0 Å². The molecule has 2 N–H and O–H groups in total. The molecule has 3 rings (SSSR count). The number of rotatable bonds is 6. The summed E-state index contributed by atoms with van der Waals surface area (Å²) in [5.41, 5.74) is 1.46. The molecule has 0 saturated carbocycles. The van der Waals surface area contributed by atoms with Gasteiger partial charge < -0.3 is 20.1 Å². The van der Waals surface area contributed by atoms with Crippen molar-refractivity contribution in [2.75, 3.05) is 20.2 Å². The minimum Gasteiger partial charge on any atom is -0.497 e. The highest BCUT2D eigenvalue weighted by Gasteiger charge is 2.26. The van der Waals surface area contributed by atoms with Gasteiger partial charge in [-0.15, -0.1) is 0 Å². The van der Waals surface area contributed by atoms with E-state index in [0.717, 1.165) is 11.3 Å². The largest absolute Gasteiger partial charge is 0.497 e. The molecule has 0 bridgehead atoms. The smallest absolute Gasteiger partial charge is 0.274 e. The molecule has 150 valence electrons. The van der Waals surface area contributed by atoms with E-state index in [1.807, 2.05) is 38.1 Å². The molecule has 2 amide bonds. The summed E-state index contributed by atoms with van der Waals surface area (Å²) in [6.07, 6.45) is -0.737. The summed E-state index contributed by atoms with van der Waals surface area (Å²) in [6, 6.07) is 9.06. The van der Waals surface area contributed by atoms with Gasteiger partial charge in [0.1, 0.15) is 11.4 Å². The first-order chi connectivity index (χ1) is 13.4. The van der Waals surface area contributed by atoms with Crippen molar-refractivity contribution in [3.8, 4) is 5.75 Å². The minimum atomic E-state index is -0.737. The van der Waals surface area contributed by atoms with Crippen LogP contribution in [-0.4, -0.2) is 57.9 Å². The normalized spacial score (nSPS) is 16.3. The van der Waals surface area contributed by atoms with Gasteiger partial charge in [-0.25, -0.2) is 0 Å². The summed E-state index contributed by atoms with van der Waals surface area (Å²) in [5, 5.41) is 16.8. The van der Waals surface area contributed by atoms with E-state index < -0.39 is 6.10 Å². The number of aliphatic hydroxyl groups is 1. The van der Waals surface area contributed by atoms with Crippen molar-refractivity contribution in [1.29, 1.82) is 0 Å². The molecule has 1 aliphatic rings. The quantitative estimate of drug-likeness (QED) is 0.780. The predicted molar refractivity (Wildman–Crippen MR) is 103 cm³/mol. The van der Waals surface area contributed by atoms with Gasteiger partial charge in [0.25, 0.3) is 11.8 Å². The van der Waals surface area contributed by atoms with Gasteiger partial charge in [0.15, 0.2) is 5.69 Å². The molecular weight excluding hydrogens is 360 g/mol. The molecule has 1 aromatic carbocycles. The Bertz CT molecular complexity index is 844. The molecule has 0 saturated heterocycles. The first-order valence-electron chi connectivity index (χ1n) is 9.33. The topological polar surface area (TPSA) is 96.7 Å². The fraction of sp³-hybridized carbons (Fsp3) is 0.450. The molecule has 8 heteroatoms. The number of nitrogens with one attached hydrogen (secondary N) is 1. The maximum atomic E-state index is 13.1. The van der Waals surface area contributed by atoms with Crippen LogP contribution < -0.4 is 10.1 Å². The Balaban J connectivity index is 1.84. The van der Waals surface area contributed by atoms with Crippen LogP contribution in [0.2, 0.25) is 0 Å². The van der Waals surface area contributed by atoms with Gasteiger partial charge in [0.2, 0.25) is 0 Å². The Morgan fingerprint density at radius 1 is 1.39 bits per heavy atom. The van der Waals surface area contributed by atoms with Crippen LogP contribution in [0.15, 0.2) is 30.3 Å². The van der Waals surface area contributed by atoms with Gasteiger partial charge in [-0.05, 0) is 23.6 Å². The van der Waals surface area contributed by atoms with E-state index in [0.29, 0.717) is 13.1 Å². The fourth-order valence-electron chi connectivity index (χ4n) is 3.18. The number of nitrogens with zero attached hydrogens (tertiary/aromatic N) is 3. The average molecular weight is 386 g/mol. The van der Waals surface area contributed by atoms with Crippen molar-refractivity contribution in [3.63, 3.8) is 0 Å². The maximum Gasteiger partial charge on any atom is 0.274 e. The van der Waals surface area contributed by atoms with E-state index in [1.165, 1.54) is 10.7 Å².